The molecular weight excluding hydrogens is 344 g/mol. The minimum atomic E-state index is -1.17. The molecule has 146 valence electrons. The predicted octanol–water partition coefficient (Wildman–Crippen LogP) is 1.96. The lowest BCUT2D eigenvalue weighted by atomic mass is 9.79. The highest BCUT2D eigenvalue weighted by atomic mass is 16.5. The fraction of sp³-hybridized carbons (Fsp3) is 0.667. The molecule has 6 heteroatoms. The van der Waals surface area contributed by atoms with Crippen LogP contribution < -0.4 is 5.32 Å². The number of fused-ring (bicyclic) bond motifs is 1. The number of carbonyl (C=O) groups is 3. The molecule has 6 nitrogen and oxygen atoms in total. The van der Waals surface area contributed by atoms with Crippen molar-refractivity contribution in [3.63, 3.8) is 0 Å². The van der Waals surface area contributed by atoms with Crippen LogP contribution in [-0.2, 0) is 19.1 Å². The van der Waals surface area contributed by atoms with Crippen LogP contribution in [-0.4, -0.2) is 46.9 Å². The summed E-state index contributed by atoms with van der Waals surface area (Å²) in [6.45, 7) is 3.72. The summed E-state index contributed by atoms with van der Waals surface area (Å²) in [5.74, 6) is -1.98. The highest BCUT2D eigenvalue weighted by molar-refractivity contribution is 6.09. The maximum Gasteiger partial charge on any atom is 0.326 e. The molecule has 3 fully saturated rings. The number of hydrogen-bond acceptors (Lipinski definition) is 5. The summed E-state index contributed by atoms with van der Waals surface area (Å²) in [5, 5.41) is 3.33. The molecule has 4 atom stereocenters. The molecule has 1 saturated carbocycles. The van der Waals surface area contributed by atoms with Gasteiger partial charge in [-0.25, -0.2) is 0 Å². The van der Waals surface area contributed by atoms with E-state index in [1.54, 1.807) is 13.8 Å². The highest BCUT2D eigenvalue weighted by Gasteiger charge is 2.68. The van der Waals surface area contributed by atoms with Gasteiger partial charge in [0.1, 0.15) is 5.54 Å². The van der Waals surface area contributed by atoms with E-state index in [-0.39, 0.29) is 36.4 Å². The van der Waals surface area contributed by atoms with E-state index in [1.807, 2.05) is 24.3 Å². The van der Waals surface area contributed by atoms with Crippen LogP contribution in [0.3, 0.4) is 0 Å². The van der Waals surface area contributed by atoms with Gasteiger partial charge in [0.05, 0.1) is 18.4 Å². The first kappa shape index (κ1) is 18.4. The molecular formula is C21H28N2O4. The van der Waals surface area contributed by atoms with E-state index >= 15 is 0 Å². The molecule has 4 aliphatic rings. The molecule has 27 heavy (non-hydrogen) atoms. The van der Waals surface area contributed by atoms with Gasteiger partial charge in [0.2, 0.25) is 11.8 Å². The quantitative estimate of drug-likeness (QED) is 0.603. The number of amides is 2. The smallest absolute Gasteiger partial charge is 0.326 e. The van der Waals surface area contributed by atoms with Crippen LogP contribution in [0.25, 0.3) is 0 Å². The number of ether oxygens (including phenoxy) is 1. The third-order valence-electron chi connectivity index (χ3n) is 6.69. The SMILES string of the molecule is CCOC(=O)C1(C)NC(C2C=CC=C2)C2C(=O)N(C3CCCCC3)C(=O)C21. The van der Waals surface area contributed by atoms with E-state index in [1.165, 1.54) is 4.90 Å². The van der Waals surface area contributed by atoms with Gasteiger partial charge in [0.15, 0.2) is 0 Å². The van der Waals surface area contributed by atoms with Crippen LogP contribution in [0.1, 0.15) is 46.0 Å². The molecule has 2 saturated heterocycles. The number of imide groups is 1. The number of nitrogens with zero attached hydrogens (tertiary/aromatic N) is 1. The maximum absolute atomic E-state index is 13.4. The highest BCUT2D eigenvalue weighted by Crippen LogP contribution is 2.47. The molecule has 2 amide bonds. The second-order valence-corrected chi connectivity index (χ2v) is 8.28. The van der Waals surface area contributed by atoms with Gasteiger partial charge >= 0.3 is 5.97 Å². The summed E-state index contributed by atoms with van der Waals surface area (Å²) in [7, 11) is 0. The Morgan fingerprint density at radius 2 is 1.85 bits per heavy atom. The zero-order valence-corrected chi connectivity index (χ0v) is 16.0. The molecule has 4 rings (SSSR count). The van der Waals surface area contributed by atoms with Crippen LogP contribution in [0.2, 0.25) is 0 Å². The van der Waals surface area contributed by atoms with E-state index in [2.05, 4.69) is 5.32 Å². The van der Waals surface area contributed by atoms with E-state index in [0.717, 1.165) is 32.1 Å². The van der Waals surface area contributed by atoms with E-state index in [4.69, 9.17) is 4.74 Å². The largest absolute Gasteiger partial charge is 0.465 e. The number of likely N-dealkylation sites (tertiary alicyclic amines) is 1. The maximum atomic E-state index is 13.4. The Labute approximate surface area is 160 Å². The van der Waals surface area contributed by atoms with Gasteiger partial charge in [-0.05, 0) is 26.7 Å². The average molecular weight is 372 g/mol. The first-order valence-corrected chi connectivity index (χ1v) is 10.2. The van der Waals surface area contributed by atoms with Crippen molar-refractivity contribution in [2.75, 3.05) is 6.61 Å². The lowest BCUT2D eigenvalue weighted by Gasteiger charge is -2.34. The van der Waals surface area contributed by atoms with Crippen molar-refractivity contribution < 1.29 is 19.1 Å². The van der Waals surface area contributed by atoms with Crippen molar-refractivity contribution in [3.05, 3.63) is 24.3 Å². The van der Waals surface area contributed by atoms with Gasteiger partial charge in [0.25, 0.3) is 0 Å². The van der Waals surface area contributed by atoms with Crippen molar-refractivity contribution in [2.45, 2.75) is 63.6 Å². The Hall–Kier alpha value is -1.95. The molecule has 0 aromatic carbocycles. The summed E-state index contributed by atoms with van der Waals surface area (Å²) in [6.07, 6.45) is 12.9. The number of allylic oxidation sites excluding steroid dienone is 2. The summed E-state index contributed by atoms with van der Waals surface area (Å²) in [4.78, 5) is 41.1. The zero-order valence-electron chi connectivity index (χ0n) is 16.0. The van der Waals surface area contributed by atoms with Crippen molar-refractivity contribution in [3.8, 4) is 0 Å². The summed E-state index contributed by atoms with van der Waals surface area (Å²) >= 11 is 0. The van der Waals surface area contributed by atoms with Crippen LogP contribution in [0.15, 0.2) is 24.3 Å². The summed E-state index contributed by atoms with van der Waals surface area (Å²) in [5.41, 5.74) is -1.17. The average Bonchev–Trinajstić information content (AvgIpc) is 3.34. The van der Waals surface area contributed by atoms with Crippen molar-refractivity contribution >= 4 is 17.8 Å². The van der Waals surface area contributed by atoms with Gasteiger partial charge in [-0.15, -0.1) is 0 Å². The lowest BCUT2D eigenvalue weighted by molar-refractivity contribution is -0.156. The number of rotatable bonds is 4. The molecule has 4 unspecified atom stereocenters. The van der Waals surface area contributed by atoms with Gasteiger partial charge < -0.3 is 4.74 Å². The fourth-order valence-electron chi connectivity index (χ4n) is 5.40. The van der Waals surface area contributed by atoms with Crippen LogP contribution in [0.5, 0.6) is 0 Å². The summed E-state index contributed by atoms with van der Waals surface area (Å²) in [6, 6.07) is -0.296. The molecule has 0 aromatic rings. The normalized spacial score (nSPS) is 36.7. The molecule has 0 radical (unpaired) electrons. The van der Waals surface area contributed by atoms with Gasteiger partial charge in [-0.1, -0.05) is 43.6 Å². The molecule has 2 aliphatic carbocycles. The third-order valence-corrected chi connectivity index (χ3v) is 6.69. The van der Waals surface area contributed by atoms with Gasteiger partial charge in [-0.3, -0.25) is 24.6 Å². The predicted molar refractivity (Wildman–Crippen MR) is 99.4 cm³/mol. The number of carbonyl (C=O) groups excluding carboxylic acids is 3. The van der Waals surface area contributed by atoms with E-state index in [9.17, 15) is 14.4 Å². The molecule has 1 N–H and O–H groups in total. The lowest BCUT2D eigenvalue weighted by Crippen LogP contribution is -2.57. The second kappa shape index (κ2) is 6.89. The first-order valence-electron chi connectivity index (χ1n) is 10.2. The summed E-state index contributed by atoms with van der Waals surface area (Å²) < 4.78 is 5.29. The van der Waals surface area contributed by atoms with Crippen molar-refractivity contribution in [1.29, 1.82) is 0 Å². The van der Waals surface area contributed by atoms with E-state index in [0.29, 0.717) is 0 Å². The van der Waals surface area contributed by atoms with Crippen LogP contribution in [0.4, 0.5) is 0 Å². The molecule has 0 spiro atoms. The minimum Gasteiger partial charge on any atom is -0.465 e. The number of hydrogen-bond donors (Lipinski definition) is 1. The third kappa shape index (κ3) is 2.76. The van der Waals surface area contributed by atoms with Gasteiger partial charge in [-0.2, -0.15) is 0 Å². The van der Waals surface area contributed by atoms with Crippen molar-refractivity contribution in [2.24, 2.45) is 17.8 Å². The molecule has 0 bridgehead atoms. The van der Waals surface area contributed by atoms with Crippen LogP contribution in [0, 0.1) is 17.8 Å². The monoisotopic (exact) mass is 372 g/mol. The molecule has 2 aliphatic heterocycles. The van der Waals surface area contributed by atoms with Crippen molar-refractivity contribution in [1.82, 2.24) is 10.2 Å². The molecule has 0 aromatic heterocycles. The van der Waals surface area contributed by atoms with Gasteiger partial charge in [0, 0.05) is 18.0 Å². The Balaban J connectivity index is 1.71. The van der Waals surface area contributed by atoms with Crippen LogP contribution >= 0.6 is 0 Å². The Bertz CT molecular complexity index is 697. The second-order valence-electron chi connectivity index (χ2n) is 8.28. The molecule has 2 heterocycles. The standard InChI is InChI=1S/C21H28N2O4/c1-3-27-20(26)21(2)16-15(17(22-21)13-9-7-8-10-13)18(24)23(19(16)25)14-11-5-4-6-12-14/h7-10,13-17,22H,3-6,11-12H2,1-2H3. The Morgan fingerprint density at radius 1 is 1.19 bits per heavy atom. The zero-order chi connectivity index (χ0) is 19.2. The Kier molecular flexibility index (Phi) is 4.70. The topological polar surface area (TPSA) is 75.7 Å². The fourth-order valence-corrected chi connectivity index (χ4v) is 5.40. The number of nitrogens with one attached hydrogen (secondary N) is 1. The Morgan fingerprint density at radius 3 is 2.48 bits per heavy atom. The van der Waals surface area contributed by atoms with E-state index < -0.39 is 23.3 Å². The number of esters is 1. The minimum absolute atomic E-state index is 0.00296. The first-order chi connectivity index (χ1) is 13.0.